The van der Waals surface area contributed by atoms with Gasteiger partial charge in [0.25, 0.3) is 0 Å². The van der Waals surface area contributed by atoms with E-state index in [0.717, 1.165) is 12.0 Å². The van der Waals surface area contributed by atoms with E-state index in [2.05, 4.69) is 20.8 Å². The first kappa shape index (κ1) is 12.4. The Morgan fingerprint density at radius 1 is 1.35 bits per heavy atom. The minimum atomic E-state index is -0.288. The highest BCUT2D eigenvalue weighted by Gasteiger charge is 2.20. The van der Waals surface area contributed by atoms with Crippen molar-refractivity contribution in [2.45, 2.75) is 38.7 Å². The number of rotatable bonds is 2. The second-order valence-electron chi connectivity index (χ2n) is 5.50. The molecule has 3 heteroatoms. The molecule has 1 heterocycles. The van der Waals surface area contributed by atoms with Crippen LogP contribution in [-0.2, 0) is 10.2 Å². The molecule has 0 unspecified atom stereocenters. The summed E-state index contributed by atoms with van der Waals surface area (Å²) in [5.41, 5.74) is 0.931. The van der Waals surface area contributed by atoms with Gasteiger partial charge in [0.2, 0.25) is 0 Å². The first-order valence-electron chi connectivity index (χ1n) is 6.01. The summed E-state index contributed by atoms with van der Waals surface area (Å²) >= 11 is 0. The maximum Gasteiger partial charge on any atom is 0.165 e. The topological polar surface area (TPSA) is 18.5 Å². The standard InChI is InChI=1S/C14H19FO2/c1-14(2,3)10-4-5-13(12(15)8-10)17-11-6-7-16-9-11/h4-5,8,11H,6-7,9H2,1-3H3/t11-/m0/s1. The average Bonchev–Trinajstić information content (AvgIpc) is 2.72. The number of ether oxygens (including phenoxy) is 2. The van der Waals surface area contributed by atoms with Crippen LogP contribution in [0, 0.1) is 5.82 Å². The zero-order valence-corrected chi connectivity index (χ0v) is 10.6. The van der Waals surface area contributed by atoms with E-state index in [1.54, 1.807) is 12.1 Å². The van der Waals surface area contributed by atoms with Crippen LogP contribution < -0.4 is 4.74 Å². The van der Waals surface area contributed by atoms with E-state index in [4.69, 9.17) is 9.47 Å². The van der Waals surface area contributed by atoms with Crippen molar-refractivity contribution in [2.24, 2.45) is 0 Å². The minimum absolute atomic E-state index is 0.00927. The van der Waals surface area contributed by atoms with Crippen molar-refractivity contribution >= 4 is 0 Å². The molecule has 0 saturated carbocycles. The zero-order valence-electron chi connectivity index (χ0n) is 10.6. The Hall–Kier alpha value is -1.09. The van der Waals surface area contributed by atoms with Crippen molar-refractivity contribution in [3.63, 3.8) is 0 Å². The van der Waals surface area contributed by atoms with Crippen LogP contribution in [0.4, 0.5) is 4.39 Å². The quantitative estimate of drug-likeness (QED) is 0.787. The Morgan fingerprint density at radius 3 is 2.65 bits per heavy atom. The third-order valence-corrected chi connectivity index (χ3v) is 2.98. The van der Waals surface area contributed by atoms with Gasteiger partial charge in [-0.05, 0) is 23.1 Å². The Labute approximate surface area is 102 Å². The van der Waals surface area contributed by atoms with Gasteiger partial charge in [-0.1, -0.05) is 26.8 Å². The SMILES string of the molecule is CC(C)(C)c1ccc(O[C@H]2CCOC2)c(F)c1. The summed E-state index contributed by atoms with van der Waals surface area (Å²) in [6, 6.07) is 5.20. The van der Waals surface area contributed by atoms with Gasteiger partial charge >= 0.3 is 0 Å². The molecule has 0 aliphatic carbocycles. The van der Waals surface area contributed by atoms with E-state index in [1.807, 2.05) is 6.07 Å². The van der Waals surface area contributed by atoms with Gasteiger partial charge in [0, 0.05) is 6.42 Å². The van der Waals surface area contributed by atoms with Gasteiger partial charge in [0.1, 0.15) is 6.10 Å². The van der Waals surface area contributed by atoms with Crippen molar-refractivity contribution in [1.29, 1.82) is 0 Å². The predicted molar refractivity (Wildman–Crippen MR) is 65.0 cm³/mol. The number of halogens is 1. The molecule has 0 radical (unpaired) electrons. The molecule has 1 aromatic carbocycles. The highest BCUT2D eigenvalue weighted by molar-refractivity contribution is 5.33. The fourth-order valence-electron chi connectivity index (χ4n) is 1.85. The van der Waals surface area contributed by atoms with Gasteiger partial charge in [-0.2, -0.15) is 0 Å². The number of benzene rings is 1. The molecule has 0 spiro atoms. The van der Waals surface area contributed by atoms with E-state index in [9.17, 15) is 4.39 Å². The monoisotopic (exact) mass is 238 g/mol. The molecule has 1 saturated heterocycles. The van der Waals surface area contributed by atoms with E-state index >= 15 is 0 Å². The lowest BCUT2D eigenvalue weighted by Gasteiger charge is -2.20. The lowest BCUT2D eigenvalue weighted by molar-refractivity contribution is 0.138. The summed E-state index contributed by atoms with van der Waals surface area (Å²) in [7, 11) is 0. The van der Waals surface area contributed by atoms with Gasteiger partial charge in [-0.15, -0.1) is 0 Å². The fourth-order valence-corrected chi connectivity index (χ4v) is 1.85. The van der Waals surface area contributed by atoms with Crippen LogP contribution >= 0.6 is 0 Å². The van der Waals surface area contributed by atoms with Crippen molar-refractivity contribution in [3.05, 3.63) is 29.6 Å². The second-order valence-corrected chi connectivity index (χ2v) is 5.50. The van der Waals surface area contributed by atoms with E-state index in [0.29, 0.717) is 19.0 Å². The molecule has 0 N–H and O–H groups in total. The molecule has 1 atom stereocenters. The molecule has 1 fully saturated rings. The Morgan fingerprint density at radius 2 is 2.12 bits per heavy atom. The largest absolute Gasteiger partial charge is 0.485 e. The van der Waals surface area contributed by atoms with Crippen LogP contribution in [0.1, 0.15) is 32.8 Å². The Kier molecular flexibility index (Phi) is 3.38. The van der Waals surface area contributed by atoms with E-state index < -0.39 is 0 Å². The van der Waals surface area contributed by atoms with E-state index in [-0.39, 0.29) is 17.3 Å². The first-order chi connectivity index (χ1) is 7.97. The van der Waals surface area contributed by atoms with Gasteiger partial charge in [0.15, 0.2) is 11.6 Å². The summed E-state index contributed by atoms with van der Waals surface area (Å²) in [6.45, 7) is 7.44. The predicted octanol–water partition coefficient (Wildman–Crippen LogP) is 3.29. The molecule has 0 amide bonds. The highest BCUT2D eigenvalue weighted by atomic mass is 19.1. The Balaban J connectivity index is 2.14. The van der Waals surface area contributed by atoms with Crippen LogP contribution in [-0.4, -0.2) is 19.3 Å². The highest BCUT2D eigenvalue weighted by Crippen LogP contribution is 2.28. The maximum absolute atomic E-state index is 13.9. The maximum atomic E-state index is 13.9. The summed E-state index contributed by atoms with van der Waals surface area (Å²) in [5, 5.41) is 0. The van der Waals surface area contributed by atoms with Crippen molar-refractivity contribution in [1.82, 2.24) is 0 Å². The molecule has 0 bridgehead atoms. The minimum Gasteiger partial charge on any atom is -0.485 e. The molecule has 1 aliphatic rings. The van der Waals surface area contributed by atoms with Gasteiger partial charge in [-0.3, -0.25) is 0 Å². The number of hydrogen-bond donors (Lipinski definition) is 0. The van der Waals surface area contributed by atoms with Crippen LogP contribution in [0.3, 0.4) is 0 Å². The lowest BCUT2D eigenvalue weighted by atomic mass is 9.87. The van der Waals surface area contributed by atoms with Gasteiger partial charge in [0.05, 0.1) is 13.2 Å². The zero-order chi connectivity index (χ0) is 12.5. The summed E-state index contributed by atoms with van der Waals surface area (Å²) in [6.07, 6.45) is 0.825. The normalized spacial score (nSPS) is 20.6. The molecule has 17 heavy (non-hydrogen) atoms. The van der Waals surface area contributed by atoms with Crippen molar-refractivity contribution in [2.75, 3.05) is 13.2 Å². The third-order valence-electron chi connectivity index (χ3n) is 2.98. The molecule has 2 nitrogen and oxygen atoms in total. The van der Waals surface area contributed by atoms with Crippen LogP contribution in [0.2, 0.25) is 0 Å². The number of hydrogen-bond acceptors (Lipinski definition) is 2. The summed E-state index contributed by atoms with van der Waals surface area (Å²) in [5.74, 6) is 0.0397. The third kappa shape index (κ3) is 2.97. The smallest absolute Gasteiger partial charge is 0.165 e. The summed E-state index contributed by atoms with van der Waals surface area (Å²) in [4.78, 5) is 0. The molecular weight excluding hydrogens is 219 g/mol. The molecule has 1 aromatic rings. The molecule has 1 aliphatic heterocycles. The second kappa shape index (κ2) is 4.65. The van der Waals surface area contributed by atoms with Crippen molar-refractivity contribution < 1.29 is 13.9 Å². The molecular formula is C14H19FO2. The van der Waals surface area contributed by atoms with Crippen LogP contribution in [0.25, 0.3) is 0 Å². The molecule has 2 rings (SSSR count). The molecule has 94 valence electrons. The summed E-state index contributed by atoms with van der Waals surface area (Å²) < 4.78 is 24.6. The van der Waals surface area contributed by atoms with Crippen LogP contribution in [0.15, 0.2) is 18.2 Å². The Bertz CT molecular complexity index is 390. The fraction of sp³-hybridized carbons (Fsp3) is 0.571. The first-order valence-corrected chi connectivity index (χ1v) is 6.01. The van der Waals surface area contributed by atoms with Gasteiger partial charge < -0.3 is 9.47 Å². The van der Waals surface area contributed by atoms with Crippen molar-refractivity contribution in [3.8, 4) is 5.75 Å². The molecule has 0 aromatic heterocycles. The van der Waals surface area contributed by atoms with Gasteiger partial charge in [-0.25, -0.2) is 4.39 Å². The van der Waals surface area contributed by atoms with Crippen LogP contribution in [0.5, 0.6) is 5.75 Å². The lowest BCUT2D eigenvalue weighted by Crippen LogP contribution is -2.17. The van der Waals surface area contributed by atoms with E-state index in [1.165, 1.54) is 0 Å². The average molecular weight is 238 g/mol.